The molecule has 0 aliphatic carbocycles. The number of aromatic nitrogens is 2. The van der Waals surface area contributed by atoms with Crippen molar-refractivity contribution in [2.75, 3.05) is 43.4 Å². The summed E-state index contributed by atoms with van der Waals surface area (Å²) in [6, 6.07) is 2.56. The van der Waals surface area contributed by atoms with Crippen LogP contribution in [0.25, 0.3) is 0 Å². The topological polar surface area (TPSA) is 44.3 Å². The van der Waals surface area contributed by atoms with Gasteiger partial charge in [0.05, 0.1) is 0 Å². The van der Waals surface area contributed by atoms with Gasteiger partial charge in [-0.1, -0.05) is 6.92 Å². The van der Waals surface area contributed by atoms with Crippen molar-refractivity contribution in [2.45, 2.75) is 32.7 Å². The van der Waals surface area contributed by atoms with Gasteiger partial charge in [0, 0.05) is 31.9 Å². The number of nitrogens with one attached hydrogen (secondary N) is 1. The molecule has 1 aromatic heterocycles. The molecule has 1 N–H and O–H groups in total. The molecule has 1 fully saturated rings. The molecule has 1 unspecified atom stereocenters. The van der Waals surface area contributed by atoms with Gasteiger partial charge in [-0.15, -0.1) is 0 Å². The second-order valence-corrected chi connectivity index (χ2v) is 5.14. The van der Waals surface area contributed by atoms with Crippen molar-refractivity contribution in [3.05, 3.63) is 12.3 Å². The van der Waals surface area contributed by atoms with Crippen LogP contribution in [0.5, 0.6) is 0 Å². The molecule has 1 saturated heterocycles. The quantitative estimate of drug-likeness (QED) is 0.898. The molecule has 0 saturated carbocycles. The summed E-state index contributed by atoms with van der Waals surface area (Å²) in [6.45, 7) is 8.51. The van der Waals surface area contributed by atoms with Crippen LogP contribution in [0.3, 0.4) is 0 Å². The van der Waals surface area contributed by atoms with E-state index in [1.807, 2.05) is 12.3 Å². The SMILES string of the molecule is CCNc1nccc(N2CCCN(C)CC2CC)n1. The molecule has 0 radical (unpaired) electrons. The van der Waals surface area contributed by atoms with E-state index in [2.05, 4.69) is 46.0 Å². The molecule has 1 atom stereocenters. The average molecular weight is 263 g/mol. The Bertz CT molecular complexity index is 395. The molecule has 0 amide bonds. The van der Waals surface area contributed by atoms with Crippen molar-refractivity contribution in [1.82, 2.24) is 14.9 Å². The summed E-state index contributed by atoms with van der Waals surface area (Å²) in [6.07, 6.45) is 4.18. The number of anilines is 2. The number of likely N-dealkylation sites (N-methyl/N-ethyl adjacent to an activating group) is 1. The number of rotatable bonds is 4. The van der Waals surface area contributed by atoms with Crippen LogP contribution in [0.1, 0.15) is 26.7 Å². The molecule has 2 rings (SSSR count). The van der Waals surface area contributed by atoms with Crippen molar-refractivity contribution >= 4 is 11.8 Å². The lowest BCUT2D eigenvalue weighted by molar-refractivity contribution is 0.327. The smallest absolute Gasteiger partial charge is 0.224 e. The highest BCUT2D eigenvalue weighted by Gasteiger charge is 2.23. The maximum atomic E-state index is 4.64. The molecule has 0 spiro atoms. The van der Waals surface area contributed by atoms with Gasteiger partial charge < -0.3 is 15.1 Å². The lowest BCUT2D eigenvalue weighted by Gasteiger charge is -2.31. The van der Waals surface area contributed by atoms with Crippen LogP contribution in [-0.4, -0.2) is 54.1 Å². The van der Waals surface area contributed by atoms with Gasteiger partial charge in [-0.05, 0) is 39.4 Å². The molecule has 1 aliphatic heterocycles. The lowest BCUT2D eigenvalue weighted by atomic mass is 10.2. The predicted molar refractivity (Wildman–Crippen MR) is 79.7 cm³/mol. The Kier molecular flexibility index (Phi) is 4.96. The first-order valence-electron chi connectivity index (χ1n) is 7.26. The van der Waals surface area contributed by atoms with Gasteiger partial charge in [-0.2, -0.15) is 4.98 Å². The third-order valence-corrected chi connectivity index (χ3v) is 3.64. The molecule has 106 valence electrons. The fourth-order valence-corrected chi connectivity index (χ4v) is 2.65. The maximum Gasteiger partial charge on any atom is 0.224 e. The minimum absolute atomic E-state index is 0.539. The first-order chi connectivity index (χ1) is 9.24. The van der Waals surface area contributed by atoms with Crippen molar-refractivity contribution in [3.8, 4) is 0 Å². The Labute approximate surface area is 116 Å². The Morgan fingerprint density at radius 3 is 2.95 bits per heavy atom. The van der Waals surface area contributed by atoms with Crippen LogP contribution in [0.15, 0.2) is 12.3 Å². The molecule has 0 aromatic carbocycles. The maximum absolute atomic E-state index is 4.64. The molecule has 0 bridgehead atoms. The van der Waals surface area contributed by atoms with Crippen molar-refractivity contribution < 1.29 is 0 Å². The van der Waals surface area contributed by atoms with E-state index in [0.29, 0.717) is 6.04 Å². The van der Waals surface area contributed by atoms with Crippen LogP contribution in [0.4, 0.5) is 11.8 Å². The fraction of sp³-hybridized carbons (Fsp3) is 0.714. The highest BCUT2D eigenvalue weighted by molar-refractivity contribution is 5.43. The molecular weight excluding hydrogens is 238 g/mol. The standard InChI is InChI=1S/C14H25N5/c1-4-12-11-18(3)9-6-10-19(12)13-7-8-16-14(17-13)15-5-2/h7-8,12H,4-6,9-11H2,1-3H3,(H,15,16,17). The summed E-state index contributed by atoms with van der Waals surface area (Å²) in [5.74, 6) is 1.78. The molecule has 5 nitrogen and oxygen atoms in total. The molecule has 1 aliphatic rings. The van der Waals surface area contributed by atoms with E-state index in [9.17, 15) is 0 Å². The monoisotopic (exact) mass is 263 g/mol. The van der Waals surface area contributed by atoms with E-state index in [1.54, 1.807) is 0 Å². The first kappa shape index (κ1) is 14.1. The van der Waals surface area contributed by atoms with Gasteiger partial charge in [0.25, 0.3) is 0 Å². The molecule has 2 heterocycles. The van der Waals surface area contributed by atoms with Crippen LogP contribution in [0.2, 0.25) is 0 Å². The Morgan fingerprint density at radius 1 is 1.37 bits per heavy atom. The van der Waals surface area contributed by atoms with E-state index in [4.69, 9.17) is 0 Å². The van der Waals surface area contributed by atoms with Crippen molar-refractivity contribution in [3.63, 3.8) is 0 Å². The van der Waals surface area contributed by atoms with Gasteiger partial charge >= 0.3 is 0 Å². The van der Waals surface area contributed by atoms with Gasteiger partial charge in [0.2, 0.25) is 5.95 Å². The summed E-state index contributed by atoms with van der Waals surface area (Å²) < 4.78 is 0. The number of nitrogens with zero attached hydrogens (tertiary/aromatic N) is 4. The molecule has 5 heteroatoms. The summed E-state index contributed by atoms with van der Waals surface area (Å²) in [7, 11) is 2.20. The Balaban J connectivity index is 2.19. The predicted octanol–water partition coefficient (Wildman–Crippen LogP) is 1.83. The second kappa shape index (κ2) is 6.70. The van der Waals surface area contributed by atoms with E-state index in [-0.39, 0.29) is 0 Å². The van der Waals surface area contributed by atoms with Crippen molar-refractivity contribution in [1.29, 1.82) is 0 Å². The van der Waals surface area contributed by atoms with E-state index in [0.717, 1.165) is 44.4 Å². The van der Waals surface area contributed by atoms with E-state index in [1.165, 1.54) is 6.42 Å². The third kappa shape index (κ3) is 3.56. The zero-order chi connectivity index (χ0) is 13.7. The molecule has 1 aromatic rings. The molecular formula is C14H25N5. The summed E-state index contributed by atoms with van der Waals surface area (Å²) in [5.41, 5.74) is 0. The number of hydrogen-bond acceptors (Lipinski definition) is 5. The van der Waals surface area contributed by atoms with Crippen LogP contribution >= 0.6 is 0 Å². The average Bonchev–Trinajstić information content (AvgIpc) is 2.61. The van der Waals surface area contributed by atoms with Gasteiger partial charge in [-0.3, -0.25) is 0 Å². The second-order valence-electron chi connectivity index (χ2n) is 5.14. The summed E-state index contributed by atoms with van der Waals surface area (Å²) in [4.78, 5) is 13.7. The molecule has 19 heavy (non-hydrogen) atoms. The largest absolute Gasteiger partial charge is 0.354 e. The summed E-state index contributed by atoms with van der Waals surface area (Å²) in [5, 5.41) is 3.18. The third-order valence-electron chi connectivity index (χ3n) is 3.64. The summed E-state index contributed by atoms with van der Waals surface area (Å²) >= 11 is 0. The minimum Gasteiger partial charge on any atom is -0.354 e. The highest BCUT2D eigenvalue weighted by Crippen LogP contribution is 2.20. The zero-order valence-electron chi connectivity index (χ0n) is 12.3. The first-order valence-corrected chi connectivity index (χ1v) is 7.26. The van der Waals surface area contributed by atoms with Gasteiger partial charge in [0.15, 0.2) is 0 Å². The van der Waals surface area contributed by atoms with Gasteiger partial charge in [-0.25, -0.2) is 4.98 Å². The Hall–Kier alpha value is -1.36. The normalized spacial score (nSPS) is 21.2. The Morgan fingerprint density at radius 2 is 2.21 bits per heavy atom. The van der Waals surface area contributed by atoms with E-state index >= 15 is 0 Å². The zero-order valence-corrected chi connectivity index (χ0v) is 12.3. The van der Waals surface area contributed by atoms with Crippen LogP contribution in [0, 0.1) is 0 Å². The van der Waals surface area contributed by atoms with Crippen LogP contribution in [-0.2, 0) is 0 Å². The minimum atomic E-state index is 0.539. The van der Waals surface area contributed by atoms with Gasteiger partial charge in [0.1, 0.15) is 5.82 Å². The highest BCUT2D eigenvalue weighted by atomic mass is 15.3. The van der Waals surface area contributed by atoms with E-state index < -0.39 is 0 Å². The van der Waals surface area contributed by atoms with Crippen LogP contribution < -0.4 is 10.2 Å². The number of hydrogen-bond donors (Lipinski definition) is 1. The fourth-order valence-electron chi connectivity index (χ4n) is 2.65. The lowest BCUT2D eigenvalue weighted by Crippen LogP contribution is -2.40. The van der Waals surface area contributed by atoms with Crippen molar-refractivity contribution in [2.24, 2.45) is 0 Å².